The first-order chi connectivity index (χ1) is 12.1. The lowest BCUT2D eigenvalue weighted by Gasteiger charge is -2.21. The Morgan fingerprint density at radius 2 is 1.88 bits per heavy atom. The third-order valence-corrected chi connectivity index (χ3v) is 3.84. The molecule has 0 radical (unpaired) electrons. The number of hydrogen-bond acceptors (Lipinski definition) is 6. The van der Waals surface area contributed by atoms with Gasteiger partial charge in [-0.3, -0.25) is 4.79 Å². The Morgan fingerprint density at radius 1 is 1.19 bits per heavy atom. The number of carbonyl (C=O) groups is 1. The zero-order valence-electron chi connectivity index (χ0n) is 15.2. The van der Waals surface area contributed by atoms with Gasteiger partial charge in [-0.25, -0.2) is 4.98 Å². The summed E-state index contributed by atoms with van der Waals surface area (Å²) >= 11 is 12.3. The van der Waals surface area contributed by atoms with Crippen molar-refractivity contribution in [3.05, 3.63) is 33.9 Å². The van der Waals surface area contributed by atoms with Crippen LogP contribution in [0.4, 0.5) is 17.5 Å². The molecule has 0 aliphatic rings. The zero-order chi connectivity index (χ0) is 19.5. The lowest BCUT2D eigenvalue weighted by molar-refractivity contribution is 0.0916. The minimum Gasteiger partial charge on any atom is -0.496 e. The van der Waals surface area contributed by atoms with Crippen molar-refractivity contribution in [2.45, 2.75) is 26.3 Å². The van der Waals surface area contributed by atoms with Gasteiger partial charge in [-0.1, -0.05) is 23.2 Å². The predicted molar refractivity (Wildman–Crippen MR) is 105 cm³/mol. The summed E-state index contributed by atoms with van der Waals surface area (Å²) in [5.41, 5.74) is 0.456. The average molecular weight is 398 g/mol. The Labute approximate surface area is 162 Å². The van der Waals surface area contributed by atoms with Crippen LogP contribution in [0.3, 0.4) is 0 Å². The second kappa shape index (κ2) is 7.97. The number of halogens is 2. The lowest BCUT2D eigenvalue weighted by Crippen LogP contribution is -2.40. The molecule has 1 aromatic heterocycles. The Bertz CT molecular complexity index is 822. The summed E-state index contributed by atoms with van der Waals surface area (Å²) in [4.78, 5) is 20.8. The molecular weight excluding hydrogens is 377 g/mol. The van der Waals surface area contributed by atoms with E-state index in [0.717, 1.165) is 0 Å². The van der Waals surface area contributed by atoms with Gasteiger partial charge in [0, 0.05) is 18.7 Å². The van der Waals surface area contributed by atoms with E-state index in [2.05, 4.69) is 25.9 Å². The van der Waals surface area contributed by atoms with Crippen LogP contribution in [0.5, 0.6) is 5.75 Å². The van der Waals surface area contributed by atoms with Gasteiger partial charge in [0.25, 0.3) is 5.91 Å². The van der Waals surface area contributed by atoms with Crippen LogP contribution in [0.1, 0.15) is 31.1 Å². The average Bonchev–Trinajstić information content (AvgIpc) is 2.56. The largest absolute Gasteiger partial charge is 0.496 e. The first-order valence-electron chi connectivity index (χ1n) is 7.82. The van der Waals surface area contributed by atoms with Crippen molar-refractivity contribution in [2.75, 3.05) is 24.8 Å². The molecule has 0 saturated heterocycles. The van der Waals surface area contributed by atoms with Gasteiger partial charge in [0.2, 0.25) is 5.95 Å². The molecule has 7 nitrogen and oxygen atoms in total. The van der Waals surface area contributed by atoms with E-state index in [1.807, 2.05) is 20.8 Å². The number of nitrogens with zero attached hydrogens (tertiary/aromatic N) is 2. The highest BCUT2D eigenvalue weighted by molar-refractivity contribution is 6.34. The quantitative estimate of drug-likeness (QED) is 0.703. The van der Waals surface area contributed by atoms with Gasteiger partial charge >= 0.3 is 0 Å². The molecule has 1 heterocycles. The van der Waals surface area contributed by atoms with E-state index < -0.39 is 0 Å². The number of anilines is 3. The maximum absolute atomic E-state index is 12.5. The number of carbonyl (C=O) groups excluding carboxylic acids is 1. The number of aromatic nitrogens is 2. The Balaban J connectivity index is 2.35. The summed E-state index contributed by atoms with van der Waals surface area (Å²) in [6.45, 7) is 5.68. The Morgan fingerprint density at radius 3 is 2.46 bits per heavy atom. The number of amides is 1. The van der Waals surface area contributed by atoms with Crippen LogP contribution < -0.4 is 20.7 Å². The number of rotatable bonds is 5. The Hall–Kier alpha value is -2.25. The van der Waals surface area contributed by atoms with Crippen LogP contribution in [0, 0.1) is 0 Å². The summed E-state index contributed by atoms with van der Waals surface area (Å²) < 4.78 is 5.34. The molecule has 2 rings (SSSR count). The standard InChI is InChI=1S/C17H21Cl2N5O2/c1-17(2,3)24-15(25)9-6-10(18)12(7-13(9)26-5)22-16-21-8-11(19)14(20-4)23-16/h6-8H,1-5H3,(H,24,25)(H2,20,21,22,23). The highest BCUT2D eigenvalue weighted by atomic mass is 35.5. The molecule has 0 aliphatic heterocycles. The smallest absolute Gasteiger partial charge is 0.255 e. The van der Waals surface area contributed by atoms with Crippen LogP contribution in [0.15, 0.2) is 18.3 Å². The molecule has 0 aliphatic carbocycles. The van der Waals surface area contributed by atoms with Crippen LogP contribution >= 0.6 is 23.2 Å². The molecule has 0 unspecified atom stereocenters. The molecule has 2 aromatic rings. The SMILES string of the molecule is CNc1nc(Nc2cc(OC)c(C(=O)NC(C)(C)C)cc2Cl)ncc1Cl. The van der Waals surface area contributed by atoms with Crippen molar-refractivity contribution < 1.29 is 9.53 Å². The maximum Gasteiger partial charge on any atom is 0.255 e. The number of methoxy groups -OCH3 is 1. The van der Waals surface area contributed by atoms with Crippen molar-refractivity contribution in [1.29, 1.82) is 0 Å². The van der Waals surface area contributed by atoms with Crippen LogP contribution in [0.25, 0.3) is 0 Å². The molecule has 0 atom stereocenters. The highest BCUT2D eigenvalue weighted by Gasteiger charge is 2.21. The number of benzene rings is 1. The third-order valence-electron chi connectivity index (χ3n) is 3.25. The summed E-state index contributed by atoms with van der Waals surface area (Å²) in [7, 11) is 3.19. The van der Waals surface area contributed by atoms with E-state index >= 15 is 0 Å². The molecule has 0 bridgehead atoms. The summed E-state index contributed by atoms with van der Waals surface area (Å²) in [5.74, 6) is 0.882. The molecule has 1 aromatic carbocycles. The minimum atomic E-state index is -0.383. The minimum absolute atomic E-state index is 0.275. The zero-order valence-corrected chi connectivity index (χ0v) is 16.7. The van der Waals surface area contributed by atoms with E-state index in [4.69, 9.17) is 27.9 Å². The van der Waals surface area contributed by atoms with Crippen LogP contribution in [-0.2, 0) is 0 Å². The second-order valence-corrected chi connectivity index (χ2v) is 7.32. The van der Waals surface area contributed by atoms with Gasteiger partial charge in [-0.2, -0.15) is 4.98 Å². The molecule has 0 fully saturated rings. The van der Waals surface area contributed by atoms with Gasteiger partial charge in [0.1, 0.15) is 16.6 Å². The van der Waals surface area contributed by atoms with Gasteiger partial charge in [-0.15, -0.1) is 0 Å². The highest BCUT2D eigenvalue weighted by Crippen LogP contribution is 2.33. The first-order valence-corrected chi connectivity index (χ1v) is 8.57. The van der Waals surface area contributed by atoms with Crippen molar-refractivity contribution in [3.8, 4) is 5.75 Å². The molecule has 3 N–H and O–H groups in total. The van der Waals surface area contributed by atoms with Crippen LogP contribution in [-0.4, -0.2) is 35.6 Å². The molecule has 26 heavy (non-hydrogen) atoms. The molecule has 140 valence electrons. The Kier molecular flexibility index (Phi) is 6.15. The second-order valence-electron chi connectivity index (χ2n) is 6.50. The summed E-state index contributed by atoms with van der Waals surface area (Å²) in [5, 5.41) is 9.48. The molecule has 0 saturated carbocycles. The lowest BCUT2D eigenvalue weighted by atomic mass is 10.1. The van der Waals surface area contributed by atoms with Crippen molar-refractivity contribution in [1.82, 2.24) is 15.3 Å². The topological polar surface area (TPSA) is 88.2 Å². The maximum atomic E-state index is 12.5. The van der Waals surface area contributed by atoms with E-state index in [1.54, 1.807) is 19.2 Å². The van der Waals surface area contributed by atoms with Crippen molar-refractivity contribution >= 4 is 46.6 Å². The normalized spacial score (nSPS) is 11.0. The summed E-state index contributed by atoms with van der Waals surface area (Å²) in [6, 6.07) is 3.16. The van der Waals surface area contributed by atoms with Gasteiger partial charge in [-0.05, 0) is 26.8 Å². The number of hydrogen-bond donors (Lipinski definition) is 3. The fourth-order valence-electron chi connectivity index (χ4n) is 2.13. The van der Waals surface area contributed by atoms with Crippen molar-refractivity contribution in [2.24, 2.45) is 0 Å². The number of nitrogens with one attached hydrogen (secondary N) is 3. The van der Waals surface area contributed by atoms with E-state index in [1.165, 1.54) is 13.3 Å². The van der Waals surface area contributed by atoms with Crippen LogP contribution in [0.2, 0.25) is 10.0 Å². The number of ether oxygens (including phenoxy) is 1. The predicted octanol–water partition coefficient (Wildman–Crippen LogP) is 4.11. The molecular formula is C17H21Cl2N5O2. The monoisotopic (exact) mass is 397 g/mol. The van der Waals surface area contributed by atoms with Gasteiger partial charge in [0.05, 0.1) is 29.6 Å². The third kappa shape index (κ3) is 4.89. The van der Waals surface area contributed by atoms with Gasteiger partial charge < -0.3 is 20.7 Å². The summed E-state index contributed by atoms with van der Waals surface area (Å²) in [6.07, 6.45) is 1.47. The van der Waals surface area contributed by atoms with E-state index in [9.17, 15) is 4.79 Å². The fraction of sp³-hybridized carbons (Fsp3) is 0.353. The fourth-order valence-corrected chi connectivity index (χ4v) is 2.52. The molecule has 0 spiro atoms. The van der Waals surface area contributed by atoms with Crippen molar-refractivity contribution in [3.63, 3.8) is 0 Å². The van der Waals surface area contributed by atoms with Gasteiger partial charge in [0.15, 0.2) is 0 Å². The van der Waals surface area contributed by atoms with E-state index in [-0.39, 0.29) is 11.4 Å². The molecule has 1 amide bonds. The van der Waals surface area contributed by atoms with E-state index in [0.29, 0.717) is 38.8 Å². The molecule has 9 heteroatoms. The first kappa shape index (κ1) is 20.1.